The molecule has 0 amide bonds. The fourth-order valence-corrected chi connectivity index (χ4v) is 15.1. The van der Waals surface area contributed by atoms with E-state index in [-0.39, 0.29) is 5.41 Å². The predicted molar refractivity (Wildman–Crippen MR) is 305 cm³/mol. The van der Waals surface area contributed by atoms with Gasteiger partial charge in [-0.1, -0.05) is 172 Å². The van der Waals surface area contributed by atoms with E-state index < -0.39 is 0 Å². The highest BCUT2D eigenvalue weighted by Gasteiger charge is 2.51. The first-order valence-corrected chi connectivity index (χ1v) is 27.3. The number of anilines is 6. The molecule has 0 aromatic heterocycles. The van der Waals surface area contributed by atoms with Crippen LogP contribution in [0.5, 0.6) is 0 Å². The number of para-hydroxylation sites is 2. The van der Waals surface area contributed by atoms with Gasteiger partial charge in [-0.05, 0) is 209 Å². The number of benzene rings is 9. The lowest BCUT2D eigenvalue weighted by atomic mass is 9.48. The molecule has 0 radical (unpaired) electrons. The Labute approximate surface area is 433 Å². The maximum Gasteiger partial charge on any atom is 0.0540 e. The molecule has 4 saturated carbocycles. The molecule has 0 N–H and O–H groups in total. The second kappa shape index (κ2) is 17.7. The van der Waals surface area contributed by atoms with Crippen molar-refractivity contribution in [2.45, 2.75) is 88.9 Å². The van der Waals surface area contributed by atoms with Crippen LogP contribution >= 0.6 is 0 Å². The van der Waals surface area contributed by atoms with Gasteiger partial charge in [0.2, 0.25) is 0 Å². The second-order valence-electron chi connectivity index (χ2n) is 23.0. The van der Waals surface area contributed by atoms with Gasteiger partial charge in [0.1, 0.15) is 0 Å². The fourth-order valence-electron chi connectivity index (χ4n) is 15.1. The van der Waals surface area contributed by atoms with Gasteiger partial charge in [-0.25, -0.2) is 0 Å². The maximum absolute atomic E-state index is 2.62. The molecule has 0 saturated heterocycles. The normalized spacial score (nSPS) is 20.8. The Bertz CT molecular complexity index is 3480. The number of nitrogens with zero attached hydrogens (tertiary/aromatic N) is 2. The van der Waals surface area contributed by atoms with Crippen LogP contribution < -0.4 is 9.80 Å². The summed E-state index contributed by atoms with van der Waals surface area (Å²) in [4.78, 5) is 5.18. The maximum atomic E-state index is 2.62. The molecular formula is C71H64N2. The summed E-state index contributed by atoms with van der Waals surface area (Å²) in [5.74, 6) is 2.80. The molecule has 0 aliphatic heterocycles. The second-order valence-corrected chi connectivity index (χ2v) is 23.0. The van der Waals surface area contributed by atoms with Crippen LogP contribution in [0.15, 0.2) is 212 Å². The summed E-state index contributed by atoms with van der Waals surface area (Å²) in [5, 5.41) is 0. The van der Waals surface area contributed by atoms with Crippen LogP contribution in [0.2, 0.25) is 0 Å². The summed E-state index contributed by atoms with van der Waals surface area (Å²) in [6.07, 6.45) is 12.3. The fraction of sp³-hybridized carbons (Fsp3) is 0.239. The first-order chi connectivity index (χ1) is 35.8. The van der Waals surface area contributed by atoms with Crippen molar-refractivity contribution in [1.29, 1.82) is 0 Å². The van der Waals surface area contributed by atoms with Crippen LogP contribution in [0.1, 0.15) is 91.3 Å². The highest BCUT2D eigenvalue weighted by molar-refractivity contribution is 5.98. The van der Waals surface area contributed by atoms with Crippen LogP contribution in [-0.2, 0) is 36.5 Å². The Morgan fingerprint density at radius 3 is 1.49 bits per heavy atom. The number of aryl methyl sites for hydroxylation is 4. The molecule has 0 heterocycles. The third-order valence-corrected chi connectivity index (χ3v) is 18.2. The topological polar surface area (TPSA) is 6.48 Å². The summed E-state index contributed by atoms with van der Waals surface area (Å²) in [6.45, 7) is 4.83. The van der Waals surface area contributed by atoms with Gasteiger partial charge in [0.25, 0.3) is 0 Å². The van der Waals surface area contributed by atoms with Crippen LogP contribution in [0, 0.1) is 17.8 Å². The van der Waals surface area contributed by atoms with E-state index in [9.17, 15) is 0 Å². The van der Waals surface area contributed by atoms with Crippen molar-refractivity contribution >= 4 is 34.1 Å². The molecule has 18 rings (SSSR count). The predicted octanol–water partition coefficient (Wildman–Crippen LogP) is 18.6. The summed E-state index contributed by atoms with van der Waals surface area (Å²) >= 11 is 0. The van der Waals surface area contributed by atoms with E-state index in [0.29, 0.717) is 5.41 Å². The molecule has 2 nitrogen and oxygen atoms in total. The number of fused-ring (bicyclic) bond motifs is 3. The smallest absolute Gasteiger partial charge is 0.0540 e. The molecule has 9 aliphatic carbocycles. The Kier molecular flexibility index (Phi) is 10.7. The van der Waals surface area contributed by atoms with Gasteiger partial charge in [-0.3, -0.25) is 0 Å². The van der Waals surface area contributed by atoms with E-state index in [1.807, 2.05) is 0 Å². The summed E-state index contributed by atoms with van der Waals surface area (Å²) < 4.78 is 0. The lowest BCUT2D eigenvalue weighted by Crippen LogP contribution is -2.48. The first kappa shape index (κ1) is 44.3. The average molecular weight is 945 g/mol. The van der Waals surface area contributed by atoms with Crippen LogP contribution in [-0.4, -0.2) is 0 Å². The minimum Gasteiger partial charge on any atom is -0.310 e. The van der Waals surface area contributed by atoms with E-state index in [0.717, 1.165) is 43.4 Å². The third kappa shape index (κ3) is 7.67. The van der Waals surface area contributed by atoms with Crippen molar-refractivity contribution in [3.8, 4) is 33.4 Å². The molecule has 9 aliphatic rings. The minimum absolute atomic E-state index is 0.189. The third-order valence-electron chi connectivity index (χ3n) is 18.2. The number of hydrogen-bond donors (Lipinski definition) is 0. The Balaban J connectivity index is 0.890. The minimum atomic E-state index is -0.189. The van der Waals surface area contributed by atoms with Gasteiger partial charge in [0.15, 0.2) is 0 Å². The van der Waals surface area contributed by atoms with E-state index in [4.69, 9.17) is 0 Å². The molecule has 2 heteroatoms. The van der Waals surface area contributed by atoms with Crippen molar-refractivity contribution < 1.29 is 0 Å². The standard InChI is InChI=1S/C71H64N2/c1-70(2)64-24-14-12-23-62(64)69-63(54-18-8-4-9-19-54)43-60(44-65(69)70)73(66-25-15-13-22-61(66)53-16-6-3-7-17-53)68-42-49-27-31-55-30-26-48(28-32-56(68)33-29-49)41-67(55)72(58-20-10-5-11-21-58)59-36-34-57(35-37-59)71-45-50-38-51(46-71)40-52(39-50)47-71/h3-26,29-30,33-37,41-44,50-52H,27-28,31-32,38-40,45-47H2,1-2H3. The number of rotatable bonds is 9. The number of hydrogen-bond acceptors (Lipinski definition) is 2. The zero-order valence-corrected chi connectivity index (χ0v) is 42.4. The molecule has 0 spiro atoms. The SMILES string of the molecule is CC1(C)c2ccccc2-c2c(-c3ccccc3)cc(N(c3cc4ccc3CCc3ccc(c(N(c5ccccc5)c5ccc(C67CC8CC(CC(C8)C6)C7)cc5)c3)CC4)c3ccccc3-c3ccccc3)cc21. The molecule has 9 aromatic rings. The summed E-state index contributed by atoms with van der Waals surface area (Å²) in [6, 6.07) is 81.1. The Hall–Kier alpha value is -7.42. The molecular weight excluding hydrogens is 881 g/mol. The summed E-state index contributed by atoms with van der Waals surface area (Å²) in [5.41, 5.74) is 25.0. The van der Waals surface area contributed by atoms with Crippen molar-refractivity contribution in [2.75, 3.05) is 9.80 Å². The van der Waals surface area contributed by atoms with Gasteiger partial charge >= 0.3 is 0 Å². The summed E-state index contributed by atoms with van der Waals surface area (Å²) in [7, 11) is 0. The molecule has 8 bridgehead atoms. The molecule has 9 aromatic carbocycles. The lowest BCUT2D eigenvalue weighted by molar-refractivity contribution is -0.00518. The van der Waals surface area contributed by atoms with Crippen LogP contribution in [0.4, 0.5) is 34.1 Å². The Morgan fingerprint density at radius 1 is 0.370 bits per heavy atom. The molecule has 0 unspecified atom stereocenters. The molecule has 73 heavy (non-hydrogen) atoms. The quantitative estimate of drug-likeness (QED) is 0.142. The van der Waals surface area contributed by atoms with E-state index in [2.05, 4.69) is 236 Å². The first-order valence-electron chi connectivity index (χ1n) is 27.3. The van der Waals surface area contributed by atoms with Gasteiger partial charge in [-0.15, -0.1) is 0 Å². The Morgan fingerprint density at radius 2 is 0.877 bits per heavy atom. The van der Waals surface area contributed by atoms with Crippen molar-refractivity contribution in [1.82, 2.24) is 0 Å². The largest absolute Gasteiger partial charge is 0.310 e. The van der Waals surface area contributed by atoms with Crippen molar-refractivity contribution in [2.24, 2.45) is 17.8 Å². The highest BCUT2D eigenvalue weighted by atomic mass is 15.2. The van der Waals surface area contributed by atoms with Crippen LogP contribution in [0.25, 0.3) is 33.4 Å². The molecule has 4 fully saturated rings. The van der Waals surface area contributed by atoms with Gasteiger partial charge in [0, 0.05) is 39.4 Å². The lowest BCUT2D eigenvalue weighted by Gasteiger charge is -2.57. The van der Waals surface area contributed by atoms with E-state index >= 15 is 0 Å². The monoisotopic (exact) mass is 945 g/mol. The van der Waals surface area contributed by atoms with Crippen LogP contribution in [0.3, 0.4) is 0 Å². The van der Waals surface area contributed by atoms with E-state index in [1.54, 1.807) is 5.56 Å². The van der Waals surface area contributed by atoms with Gasteiger partial charge < -0.3 is 9.80 Å². The highest BCUT2D eigenvalue weighted by Crippen LogP contribution is 2.61. The molecule has 358 valence electrons. The van der Waals surface area contributed by atoms with Crippen molar-refractivity contribution in [3.05, 3.63) is 251 Å². The van der Waals surface area contributed by atoms with E-state index in [1.165, 1.54) is 139 Å². The zero-order chi connectivity index (χ0) is 48.7. The van der Waals surface area contributed by atoms with Crippen molar-refractivity contribution in [3.63, 3.8) is 0 Å². The molecule has 0 atom stereocenters. The van der Waals surface area contributed by atoms with Gasteiger partial charge in [-0.2, -0.15) is 0 Å². The van der Waals surface area contributed by atoms with Gasteiger partial charge in [0.05, 0.1) is 5.69 Å². The zero-order valence-electron chi connectivity index (χ0n) is 42.4. The average Bonchev–Trinajstić information content (AvgIpc) is 3.66.